The van der Waals surface area contributed by atoms with Crippen LogP contribution in [0.2, 0.25) is 0 Å². The molecule has 5 aromatic rings. The molecule has 4 heterocycles. The molecule has 1 atom stereocenters. The largest absolute Gasteiger partial charge is 0.455 e. The van der Waals surface area contributed by atoms with Crippen LogP contribution in [0, 0.1) is 5.82 Å². The van der Waals surface area contributed by atoms with E-state index < -0.39 is 0 Å². The molecule has 1 saturated heterocycles. The lowest BCUT2D eigenvalue weighted by Crippen LogP contribution is -2.39. The number of furan rings is 1. The number of nitrogens with zero attached hydrogens (tertiary/aromatic N) is 3. The number of anilines is 1. The van der Waals surface area contributed by atoms with E-state index in [-0.39, 0.29) is 23.5 Å². The molecule has 7 nitrogen and oxygen atoms in total. The number of piperidine rings is 1. The molecule has 2 amide bonds. The lowest BCUT2D eigenvalue weighted by atomic mass is 9.88. The Kier molecular flexibility index (Phi) is 6.75. The summed E-state index contributed by atoms with van der Waals surface area (Å²) in [6.45, 7) is 1.23. The van der Waals surface area contributed by atoms with Crippen molar-refractivity contribution >= 4 is 46.8 Å². The average Bonchev–Trinajstić information content (AvgIpc) is 3.57. The van der Waals surface area contributed by atoms with E-state index in [9.17, 15) is 14.0 Å². The molecule has 1 fully saturated rings. The van der Waals surface area contributed by atoms with Gasteiger partial charge < -0.3 is 23.3 Å². The molecule has 9 heteroatoms. The van der Waals surface area contributed by atoms with Crippen molar-refractivity contribution in [2.45, 2.75) is 18.8 Å². The minimum absolute atomic E-state index is 0.00298. The number of nitrogens with one attached hydrogen (secondary N) is 1. The van der Waals surface area contributed by atoms with E-state index in [0.717, 1.165) is 29.6 Å². The van der Waals surface area contributed by atoms with Gasteiger partial charge in [0.25, 0.3) is 11.8 Å². The van der Waals surface area contributed by atoms with Crippen LogP contribution in [0.5, 0.6) is 0 Å². The molecule has 1 aliphatic rings. The van der Waals surface area contributed by atoms with Gasteiger partial charge in [-0.1, -0.05) is 18.9 Å². The van der Waals surface area contributed by atoms with E-state index in [0.29, 0.717) is 46.5 Å². The van der Waals surface area contributed by atoms with Crippen molar-refractivity contribution in [2.24, 2.45) is 0 Å². The van der Waals surface area contributed by atoms with Gasteiger partial charge in [-0.3, -0.25) is 9.59 Å². The molecule has 6 rings (SSSR count). The fourth-order valence-electron chi connectivity index (χ4n) is 5.68. The number of thiol groups is 1. The highest BCUT2D eigenvalue weighted by molar-refractivity contribution is 7.81. The summed E-state index contributed by atoms with van der Waals surface area (Å²) in [7, 11) is 3.41. The SMILES string of the molecule is CNC(=O)c1c(-c2ccc(F)cc2)oc2cc(N(C)S)c([C@H]3CCCN(C(=O)c4cc5ccccn5c4)C3)cc12. The van der Waals surface area contributed by atoms with E-state index in [1.807, 2.05) is 65.1 Å². The summed E-state index contributed by atoms with van der Waals surface area (Å²) in [4.78, 5) is 28.6. The summed E-state index contributed by atoms with van der Waals surface area (Å²) in [6, 6.07) is 17.6. The fraction of sp³-hybridized carbons (Fsp3) is 0.226. The van der Waals surface area contributed by atoms with E-state index >= 15 is 0 Å². The first-order valence-corrected chi connectivity index (χ1v) is 13.6. The molecule has 1 aliphatic heterocycles. The molecular formula is C31H29FN4O3S. The van der Waals surface area contributed by atoms with Crippen LogP contribution in [0.4, 0.5) is 10.1 Å². The maximum absolute atomic E-state index is 13.6. The van der Waals surface area contributed by atoms with Crippen LogP contribution in [0.1, 0.15) is 45.0 Å². The second kappa shape index (κ2) is 10.4. The second-order valence-corrected chi connectivity index (χ2v) is 10.8. The number of aromatic nitrogens is 1. The number of rotatable bonds is 5. The Morgan fingerprint density at radius 1 is 1.12 bits per heavy atom. The topological polar surface area (TPSA) is 70.2 Å². The molecule has 3 aromatic heterocycles. The first-order valence-electron chi connectivity index (χ1n) is 13.2. The number of likely N-dealkylation sites (tertiary alicyclic amines) is 1. The number of carbonyl (C=O) groups is 2. The molecule has 204 valence electrons. The molecule has 0 unspecified atom stereocenters. The third-order valence-electron chi connectivity index (χ3n) is 7.65. The van der Waals surface area contributed by atoms with Crippen molar-refractivity contribution in [2.75, 3.05) is 31.5 Å². The highest BCUT2D eigenvalue weighted by Crippen LogP contribution is 2.41. The van der Waals surface area contributed by atoms with Gasteiger partial charge in [-0.25, -0.2) is 4.39 Å². The summed E-state index contributed by atoms with van der Waals surface area (Å²) < 4.78 is 23.5. The standard InChI is InChI=1S/C31H29FN4O3S/c1-33-30(37)28-25-15-24(26(34(2)40)16-27(25)39-29(28)19-8-10-22(32)11-9-19)20-6-5-13-36(17-20)31(38)21-14-23-7-3-4-12-35(23)18-21/h3-4,7-12,14-16,18,20,40H,5-6,13,17H2,1-2H3,(H,33,37)/t20-/m0/s1. The van der Waals surface area contributed by atoms with E-state index in [2.05, 4.69) is 18.1 Å². The zero-order valence-electron chi connectivity index (χ0n) is 22.2. The number of hydrogen-bond acceptors (Lipinski definition) is 5. The summed E-state index contributed by atoms with van der Waals surface area (Å²) in [6.07, 6.45) is 5.55. The van der Waals surface area contributed by atoms with E-state index in [1.165, 1.54) is 12.1 Å². The van der Waals surface area contributed by atoms with Gasteiger partial charge in [-0.2, -0.15) is 0 Å². The highest BCUT2D eigenvalue weighted by atomic mass is 32.1. The minimum Gasteiger partial charge on any atom is -0.455 e. The first kappa shape index (κ1) is 26.0. The Morgan fingerprint density at radius 3 is 2.65 bits per heavy atom. The fourth-order valence-corrected chi connectivity index (χ4v) is 5.85. The Hall–Kier alpha value is -4.24. The minimum atomic E-state index is -0.368. The summed E-state index contributed by atoms with van der Waals surface area (Å²) >= 11 is 4.61. The number of benzene rings is 2. The van der Waals surface area contributed by atoms with Gasteiger partial charge in [0.2, 0.25) is 0 Å². The molecule has 0 aliphatic carbocycles. The van der Waals surface area contributed by atoms with Gasteiger partial charge in [0.15, 0.2) is 0 Å². The van der Waals surface area contributed by atoms with Crippen molar-refractivity contribution in [3.8, 4) is 11.3 Å². The lowest BCUT2D eigenvalue weighted by Gasteiger charge is -2.34. The van der Waals surface area contributed by atoms with Crippen molar-refractivity contribution in [3.63, 3.8) is 0 Å². The number of fused-ring (bicyclic) bond motifs is 2. The zero-order valence-corrected chi connectivity index (χ0v) is 23.1. The Labute approximate surface area is 236 Å². The molecular weight excluding hydrogens is 527 g/mol. The monoisotopic (exact) mass is 556 g/mol. The lowest BCUT2D eigenvalue weighted by molar-refractivity contribution is 0.0707. The molecule has 2 aromatic carbocycles. The first-order chi connectivity index (χ1) is 19.3. The Bertz CT molecular complexity index is 1710. The van der Waals surface area contributed by atoms with Gasteiger partial charge in [-0.15, -0.1) is 0 Å². The number of hydrogen-bond donors (Lipinski definition) is 2. The van der Waals surface area contributed by atoms with Crippen LogP contribution in [0.25, 0.3) is 27.8 Å². The number of amides is 2. The molecule has 0 radical (unpaired) electrons. The maximum Gasteiger partial charge on any atom is 0.255 e. The van der Waals surface area contributed by atoms with Crippen LogP contribution in [0.15, 0.2) is 77.5 Å². The molecule has 0 spiro atoms. The Morgan fingerprint density at radius 2 is 1.93 bits per heavy atom. The predicted octanol–water partition coefficient (Wildman–Crippen LogP) is 6.15. The van der Waals surface area contributed by atoms with Gasteiger partial charge in [-0.05, 0) is 66.9 Å². The molecule has 0 saturated carbocycles. The summed E-state index contributed by atoms with van der Waals surface area (Å²) in [5.74, 6) is -0.251. The predicted molar refractivity (Wildman–Crippen MR) is 158 cm³/mol. The van der Waals surface area contributed by atoms with Crippen molar-refractivity contribution in [1.82, 2.24) is 14.6 Å². The maximum atomic E-state index is 13.6. The molecule has 1 N–H and O–H groups in total. The zero-order chi connectivity index (χ0) is 28.0. The number of halogens is 1. The van der Waals surface area contributed by atoms with E-state index in [4.69, 9.17) is 4.42 Å². The van der Waals surface area contributed by atoms with Crippen LogP contribution in [-0.4, -0.2) is 48.3 Å². The summed E-state index contributed by atoms with van der Waals surface area (Å²) in [5, 5.41) is 3.38. The molecule has 40 heavy (non-hydrogen) atoms. The van der Waals surface area contributed by atoms with Crippen LogP contribution in [0.3, 0.4) is 0 Å². The van der Waals surface area contributed by atoms with Gasteiger partial charge in [0, 0.05) is 68.0 Å². The average molecular weight is 557 g/mol. The third-order valence-corrected chi connectivity index (χ3v) is 7.86. The van der Waals surface area contributed by atoms with Gasteiger partial charge in [0.1, 0.15) is 17.2 Å². The number of carbonyl (C=O) groups excluding carboxylic acids is 2. The van der Waals surface area contributed by atoms with Gasteiger partial charge >= 0.3 is 0 Å². The van der Waals surface area contributed by atoms with Crippen molar-refractivity contribution in [3.05, 3.63) is 95.6 Å². The summed E-state index contributed by atoms with van der Waals surface area (Å²) in [5.41, 5.74) is 4.99. The van der Waals surface area contributed by atoms with E-state index in [1.54, 1.807) is 23.5 Å². The highest BCUT2D eigenvalue weighted by Gasteiger charge is 2.30. The van der Waals surface area contributed by atoms with Crippen molar-refractivity contribution < 1.29 is 18.4 Å². The molecule has 0 bridgehead atoms. The third kappa shape index (κ3) is 4.60. The second-order valence-electron chi connectivity index (χ2n) is 10.2. The number of pyridine rings is 1. The smallest absolute Gasteiger partial charge is 0.255 e. The van der Waals surface area contributed by atoms with Gasteiger partial charge in [0.05, 0.1) is 16.8 Å². The Balaban J connectivity index is 1.41. The quantitative estimate of drug-likeness (QED) is 0.255. The van der Waals surface area contributed by atoms with Crippen LogP contribution >= 0.6 is 12.8 Å². The normalized spacial score (nSPS) is 15.5. The van der Waals surface area contributed by atoms with Crippen molar-refractivity contribution in [1.29, 1.82) is 0 Å². The van der Waals surface area contributed by atoms with Crippen LogP contribution < -0.4 is 9.62 Å². The van der Waals surface area contributed by atoms with Crippen LogP contribution in [-0.2, 0) is 0 Å².